The third kappa shape index (κ3) is 3.06. The molecule has 2 aliphatic heterocycles. The number of hydrogen-bond acceptors (Lipinski definition) is 6. The van der Waals surface area contributed by atoms with Crippen molar-refractivity contribution in [3.8, 4) is 11.5 Å². The lowest BCUT2D eigenvalue weighted by molar-refractivity contribution is -0.111. The molecule has 2 heterocycles. The molecule has 0 amide bonds. The largest absolute Gasteiger partial charge is 0.454 e. The summed E-state index contributed by atoms with van der Waals surface area (Å²) in [5.41, 5.74) is 3.90. The second-order valence-corrected chi connectivity index (χ2v) is 7.35. The van der Waals surface area contributed by atoms with Gasteiger partial charge in [-0.3, -0.25) is 9.69 Å². The molecule has 150 valence electrons. The van der Waals surface area contributed by atoms with E-state index in [1.54, 1.807) is 6.92 Å². The molecule has 1 unspecified atom stereocenters. The van der Waals surface area contributed by atoms with E-state index < -0.39 is 0 Å². The van der Waals surface area contributed by atoms with Crippen LogP contribution in [0.15, 0.2) is 77.9 Å². The number of aryl methyl sites for hydroxylation is 1. The van der Waals surface area contributed by atoms with Crippen molar-refractivity contribution in [1.82, 2.24) is 0 Å². The molecule has 0 fully saturated rings. The van der Waals surface area contributed by atoms with Crippen molar-refractivity contribution < 1.29 is 14.3 Å². The number of carbonyl (C=O) groups is 1. The van der Waals surface area contributed by atoms with Crippen molar-refractivity contribution >= 4 is 23.0 Å². The van der Waals surface area contributed by atoms with E-state index in [9.17, 15) is 4.79 Å². The van der Waals surface area contributed by atoms with Crippen LogP contribution in [0.2, 0.25) is 0 Å². The molecule has 0 radical (unpaired) electrons. The summed E-state index contributed by atoms with van der Waals surface area (Å²) in [6.07, 6.45) is -0.344. The zero-order chi connectivity index (χ0) is 20.7. The van der Waals surface area contributed by atoms with Crippen molar-refractivity contribution in [3.05, 3.63) is 83.9 Å². The van der Waals surface area contributed by atoms with E-state index in [0.717, 1.165) is 28.3 Å². The minimum Gasteiger partial charge on any atom is -0.454 e. The summed E-state index contributed by atoms with van der Waals surface area (Å²) in [7, 11) is 0. The molecule has 0 aromatic heterocycles. The highest BCUT2D eigenvalue weighted by molar-refractivity contribution is 6.44. The zero-order valence-corrected chi connectivity index (χ0v) is 16.8. The third-order valence-corrected chi connectivity index (χ3v) is 5.25. The Morgan fingerprint density at radius 3 is 2.40 bits per heavy atom. The normalized spacial score (nSPS) is 17.3. The minimum absolute atomic E-state index is 0.0980. The van der Waals surface area contributed by atoms with Gasteiger partial charge >= 0.3 is 0 Å². The van der Waals surface area contributed by atoms with Gasteiger partial charge in [0.1, 0.15) is 0 Å². The maximum Gasteiger partial charge on any atom is 0.231 e. The molecule has 0 bridgehead atoms. The number of amidine groups is 1. The summed E-state index contributed by atoms with van der Waals surface area (Å²) in [5, 5.41) is 6.64. The number of ether oxygens (including phenoxy) is 2. The van der Waals surface area contributed by atoms with Crippen molar-refractivity contribution in [1.29, 1.82) is 0 Å². The Labute approximate surface area is 174 Å². The Balaban J connectivity index is 1.68. The van der Waals surface area contributed by atoms with Gasteiger partial charge in [0.15, 0.2) is 29.3 Å². The van der Waals surface area contributed by atoms with Gasteiger partial charge in [-0.2, -0.15) is 0 Å². The minimum atomic E-state index is -0.344. The summed E-state index contributed by atoms with van der Waals surface area (Å²) < 4.78 is 11.1. The number of benzene rings is 3. The van der Waals surface area contributed by atoms with Gasteiger partial charge in [0.05, 0.1) is 5.69 Å². The molecular weight excluding hydrogens is 378 g/mol. The summed E-state index contributed by atoms with van der Waals surface area (Å²) in [6.45, 7) is 3.80. The van der Waals surface area contributed by atoms with Crippen LogP contribution in [-0.4, -0.2) is 18.4 Å². The van der Waals surface area contributed by atoms with E-state index >= 15 is 0 Å². The van der Waals surface area contributed by atoms with Crippen molar-refractivity contribution in [2.24, 2.45) is 5.10 Å². The molecule has 6 nitrogen and oxygen atoms in total. The quantitative estimate of drug-likeness (QED) is 0.639. The molecule has 0 saturated carbocycles. The average molecular weight is 399 g/mol. The zero-order valence-electron chi connectivity index (χ0n) is 16.8. The number of anilines is 2. The van der Waals surface area contributed by atoms with Crippen LogP contribution in [0.3, 0.4) is 0 Å². The van der Waals surface area contributed by atoms with E-state index in [4.69, 9.17) is 14.6 Å². The average Bonchev–Trinajstić information content (AvgIpc) is 3.39. The van der Waals surface area contributed by atoms with Gasteiger partial charge < -0.3 is 9.47 Å². The molecule has 5 rings (SSSR count). The van der Waals surface area contributed by atoms with E-state index in [-0.39, 0.29) is 18.7 Å². The number of Topliss-reactive ketones (excluding diaryl/α,β-unsaturated/α-hetero) is 1. The van der Waals surface area contributed by atoms with Gasteiger partial charge in [-0.25, -0.2) is 5.01 Å². The fraction of sp³-hybridized carbons (Fsp3) is 0.167. The molecule has 1 atom stereocenters. The monoisotopic (exact) mass is 399 g/mol. The fourth-order valence-electron chi connectivity index (χ4n) is 3.78. The maximum atomic E-state index is 12.6. The van der Waals surface area contributed by atoms with Crippen LogP contribution >= 0.6 is 0 Å². The Hall–Kier alpha value is -3.80. The van der Waals surface area contributed by atoms with Gasteiger partial charge in [-0.15, -0.1) is 5.10 Å². The van der Waals surface area contributed by atoms with E-state index in [0.29, 0.717) is 11.6 Å². The third-order valence-electron chi connectivity index (χ3n) is 5.25. The van der Waals surface area contributed by atoms with Crippen LogP contribution in [0.1, 0.15) is 24.2 Å². The Kier molecular flexibility index (Phi) is 4.39. The second kappa shape index (κ2) is 7.22. The van der Waals surface area contributed by atoms with E-state index in [1.165, 1.54) is 0 Å². The summed E-state index contributed by atoms with van der Waals surface area (Å²) in [4.78, 5) is 14.6. The summed E-state index contributed by atoms with van der Waals surface area (Å²) >= 11 is 0. The van der Waals surface area contributed by atoms with Gasteiger partial charge in [0.25, 0.3) is 0 Å². The van der Waals surface area contributed by atoms with Gasteiger partial charge in [-0.05, 0) is 43.3 Å². The first-order chi connectivity index (χ1) is 14.6. The topological polar surface area (TPSA) is 54.4 Å². The lowest BCUT2D eigenvalue weighted by Crippen LogP contribution is -2.37. The van der Waals surface area contributed by atoms with Crippen molar-refractivity contribution in [2.75, 3.05) is 16.7 Å². The first-order valence-electron chi connectivity index (χ1n) is 9.81. The van der Waals surface area contributed by atoms with Crippen molar-refractivity contribution in [3.63, 3.8) is 0 Å². The number of hydrazone groups is 1. The van der Waals surface area contributed by atoms with Crippen molar-refractivity contribution in [2.45, 2.75) is 20.0 Å². The second-order valence-electron chi connectivity index (χ2n) is 7.35. The number of hydrogen-bond donors (Lipinski definition) is 0. The van der Waals surface area contributed by atoms with Crippen LogP contribution in [-0.2, 0) is 4.79 Å². The molecule has 6 heteroatoms. The van der Waals surface area contributed by atoms with Crippen LogP contribution < -0.4 is 19.4 Å². The van der Waals surface area contributed by atoms with E-state index in [2.05, 4.69) is 0 Å². The number of para-hydroxylation sites is 1. The maximum absolute atomic E-state index is 12.6. The predicted octanol–water partition coefficient (Wildman–Crippen LogP) is 4.65. The molecule has 30 heavy (non-hydrogen) atoms. The van der Waals surface area contributed by atoms with Gasteiger partial charge in [0.2, 0.25) is 6.79 Å². The highest BCUT2D eigenvalue weighted by Gasteiger charge is 2.39. The Bertz CT molecular complexity index is 1130. The van der Waals surface area contributed by atoms with E-state index in [1.807, 2.05) is 89.6 Å². The number of carbonyl (C=O) groups excluding carboxylic acids is 1. The van der Waals surface area contributed by atoms with Crippen LogP contribution in [0, 0.1) is 6.92 Å². The highest BCUT2D eigenvalue weighted by atomic mass is 16.7. The molecule has 2 aliphatic rings. The molecule has 0 aliphatic carbocycles. The highest BCUT2D eigenvalue weighted by Crippen LogP contribution is 2.42. The number of ketones is 1. The Morgan fingerprint density at radius 2 is 1.67 bits per heavy atom. The van der Waals surface area contributed by atoms with Crippen LogP contribution in [0.5, 0.6) is 11.5 Å². The summed E-state index contributed by atoms with van der Waals surface area (Å²) in [5.74, 6) is 1.71. The van der Waals surface area contributed by atoms with Gasteiger partial charge in [-0.1, -0.05) is 42.0 Å². The Morgan fingerprint density at radius 1 is 0.933 bits per heavy atom. The summed E-state index contributed by atoms with van der Waals surface area (Å²) in [6, 6.07) is 23.8. The predicted molar refractivity (Wildman–Crippen MR) is 116 cm³/mol. The molecule has 3 aromatic carbocycles. The molecule has 0 spiro atoms. The molecular formula is C24H21N3O3. The first kappa shape index (κ1) is 18.2. The standard InChI is InChI=1S/C24H21N3O3/c1-16-8-11-20(12-9-16)27-24(18-10-13-21-22(14-18)30-15-29-21)26(23(25-27)17(2)28)19-6-4-3-5-7-19/h3-14,24H,15H2,1-2H3. The van der Waals surface area contributed by atoms with Gasteiger partial charge in [0, 0.05) is 18.2 Å². The lowest BCUT2D eigenvalue weighted by atomic mass is 10.1. The number of fused-ring (bicyclic) bond motifs is 1. The number of nitrogens with zero attached hydrogens (tertiary/aromatic N) is 3. The molecule has 0 N–H and O–H groups in total. The van der Waals surface area contributed by atoms with Crippen LogP contribution in [0.25, 0.3) is 0 Å². The fourth-order valence-corrected chi connectivity index (χ4v) is 3.78. The molecule has 3 aromatic rings. The number of rotatable bonds is 4. The lowest BCUT2D eigenvalue weighted by Gasteiger charge is -2.32. The van der Waals surface area contributed by atoms with Crippen LogP contribution in [0.4, 0.5) is 11.4 Å². The SMILES string of the molecule is CC(=O)C1=NN(c2ccc(C)cc2)C(c2ccc3c(c2)OCO3)N1c1ccccc1. The first-order valence-corrected chi connectivity index (χ1v) is 9.81. The molecule has 0 saturated heterocycles. The smallest absolute Gasteiger partial charge is 0.231 e.